The summed E-state index contributed by atoms with van der Waals surface area (Å²) in [5.74, 6) is -10.1. The summed E-state index contributed by atoms with van der Waals surface area (Å²) in [5.41, 5.74) is -5.49. The summed E-state index contributed by atoms with van der Waals surface area (Å²) >= 11 is 0. The first-order valence-corrected chi connectivity index (χ1v) is 9.37. The van der Waals surface area contributed by atoms with Gasteiger partial charge in [0.1, 0.15) is 17.7 Å². The molecule has 4 nitrogen and oxygen atoms in total. The number of aryl methyl sites for hydroxylation is 1. The Morgan fingerprint density at radius 3 is 1.94 bits per heavy atom. The lowest BCUT2D eigenvalue weighted by molar-refractivity contribution is 0.457. The molecule has 3 aromatic carbocycles. The molecule has 0 N–H and O–H groups in total. The Bertz CT molecular complexity index is 1670. The molecule has 0 aromatic heterocycles. The van der Waals surface area contributed by atoms with E-state index in [-0.39, 0.29) is 16.3 Å². The van der Waals surface area contributed by atoms with E-state index in [4.69, 9.17) is 18.4 Å². The second-order valence-corrected chi connectivity index (χ2v) is 6.99. The van der Waals surface area contributed by atoms with Crippen molar-refractivity contribution in [2.75, 3.05) is 0 Å². The molecule has 0 atom stereocenters. The molecule has 0 heterocycles. The molecule has 3 aromatic rings. The molecule has 0 saturated carbocycles. The van der Waals surface area contributed by atoms with Gasteiger partial charge in [-0.15, -0.1) is 0 Å². The molecule has 0 unspecified atom stereocenters. The highest BCUT2D eigenvalue weighted by atomic mass is 19.2. The molecule has 0 aliphatic heterocycles. The molecule has 0 aliphatic rings. The summed E-state index contributed by atoms with van der Waals surface area (Å²) < 4.78 is 87.2. The van der Waals surface area contributed by atoms with E-state index in [1.165, 1.54) is 13.0 Å². The monoisotopic (exact) mass is 478 g/mol. The van der Waals surface area contributed by atoms with Crippen LogP contribution in [0.3, 0.4) is 0 Å². The maximum Gasteiger partial charge on any atom is 0.268 e. The van der Waals surface area contributed by atoms with E-state index >= 15 is 0 Å². The van der Waals surface area contributed by atoms with E-state index in [2.05, 4.69) is 9.69 Å². The molecule has 10 heteroatoms. The van der Waals surface area contributed by atoms with Gasteiger partial charge in [0.15, 0.2) is 23.3 Å². The number of nitriles is 2. The maximum absolute atomic E-state index is 14.9. The molecule has 0 aliphatic carbocycles. The molecule has 0 spiro atoms. The topological polar surface area (TPSA) is 56.3 Å². The van der Waals surface area contributed by atoms with Gasteiger partial charge in [0.25, 0.3) is 11.4 Å². The summed E-state index contributed by atoms with van der Waals surface area (Å²) in [6, 6.07) is 7.61. The fourth-order valence-corrected chi connectivity index (χ4v) is 3.33. The number of hydrogen-bond acceptors (Lipinski definition) is 2. The van der Waals surface area contributed by atoms with Crippen molar-refractivity contribution in [1.29, 1.82) is 10.5 Å². The third-order valence-corrected chi connectivity index (χ3v) is 5.03. The maximum atomic E-state index is 14.9. The fourth-order valence-electron chi connectivity index (χ4n) is 3.33. The first-order chi connectivity index (χ1) is 16.6. The van der Waals surface area contributed by atoms with Crippen molar-refractivity contribution in [3.8, 4) is 23.3 Å². The Morgan fingerprint density at radius 2 is 1.43 bits per heavy atom. The van der Waals surface area contributed by atoms with Crippen LogP contribution in [-0.2, 0) is 0 Å². The van der Waals surface area contributed by atoms with Gasteiger partial charge in [-0.3, -0.25) is 0 Å². The molecule has 0 saturated heterocycles. The van der Waals surface area contributed by atoms with Crippen LogP contribution < -0.4 is 10.4 Å². The predicted octanol–water partition coefficient (Wildman–Crippen LogP) is 5.32. The predicted molar refractivity (Wildman–Crippen MR) is 112 cm³/mol. The highest BCUT2D eigenvalue weighted by molar-refractivity contribution is 5.83. The van der Waals surface area contributed by atoms with Crippen LogP contribution >= 0.6 is 0 Å². The van der Waals surface area contributed by atoms with Crippen molar-refractivity contribution in [3.05, 3.63) is 110 Å². The van der Waals surface area contributed by atoms with Crippen molar-refractivity contribution < 1.29 is 26.3 Å². The van der Waals surface area contributed by atoms with E-state index in [0.717, 1.165) is 30.3 Å². The van der Waals surface area contributed by atoms with Gasteiger partial charge in [0.05, 0.1) is 30.4 Å². The van der Waals surface area contributed by atoms with Crippen molar-refractivity contribution in [3.63, 3.8) is 0 Å². The minimum atomic E-state index is -2.04. The van der Waals surface area contributed by atoms with Crippen LogP contribution in [0.4, 0.5) is 32.0 Å². The highest BCUT2D eigenvalue weighted by Crippen LogP contribution is 2.33. The van der Waals surface area contributed by atoms with E-state index in [1.807, 2.05) is 0 Å². The quantitative estimate of drug-likeness (QED) is 0.284. The number of nitrogens with zero attached hydrogens (tertiary/aromatic N) is 4. The minimum absolute atomic E-state index is 0.0881. The largest absolute Gasteiger partial charge is 0.268 e. The van der Waals surface area contributed by atoms with Gasteiger partial charge in [-0.2, -0.15) is 5.26 Å². The normalized spacial score (nSPS) is 12.1. The van der Waals surface area contributed by atoms with Crippen molar-refractivity contribution >= 4 is 17.0 Å². The molecule has 0 bridgehead atoms. The zero-order valence-corrected chi connectivity index (χ0v) is 17.4. The Labute approximate surface area is 194 Å². The summed E-state index contributed by atoms with van der Waals surface area (Å²) in [4.78, 5) is 5.42. The molecular formula is C25H8F6N4. The van der Waals surface area contributed by atoms with Crippen molar-refractivity contribution in [1.82, 2.24) is 0 Å². The molecule has 0 fully saturated rings. The van der Waals surface area contributed by atoms with Crippen LogP contribution in [0, 0.1) is 77.6 Å². The molecule has 170 valence electrons. The Balaban J connectivity index is 2.66. The van der Waals surface area contributed by atoms with Crippen LogP contribution in [0.15, 0.2) is 30.3 Å². The van der Waals surface area contributed by atoms with Crippen molar-refractivity contribution in [2.24, 2.45) is 0 Å². The van der Waals surface area contributed by atoms with Gasteiger partial charge >= 0.3 is 0 Å². The average Bonchev–Trinajstić information content (AvgIpc) is 2.84. The standard InChI is InChI=1S/C25H8F6N4/c1-11-6-18(27)15(8-17(11)26)14-7-12(19(10-33)34-2)4-5-13(14)16(9-32)20-21(28)23(30)25(35-3)24(31)22(20)29/h4-8H,1H3/b16-13+,19-12+. The summed E-state index contributed by atoms with van der Waals surface area (Å²) in [7, 11) is 0. The van der Waals surface area contributed by atoms with Gasteiger partial charge in [-0.05, 0) is 35.4 Å². The van der Waals surface area contributed by atoms with E-state index in [9.17, 15) is 31.6 Å². The van der Waals surface area contributed by atoms with Crippen LogP contribution in [0.1, 0.15) is 11.1 Å². The summed E-state index contributed by atoms with van der Waals surface area (Å²) in [6.07, 6.45) is 0. The number of hydrogen-bond donors (Lipinski definition) is 0. The Morgan fingerprint density at radius 1 is 0.800 bits per heavy atom. The minimum Gasteiger partial charge on any atom is -0.232 e. The first-order valence-electron chi connectivity index (χ1n) is 9.37. The lowest BCUT2D eigenvalue weighted by Gasteiger charge is -2.12. The molecule has 3 rings (SSSR count). The second kappa shape index (κ2) is 9.43. The van der Waals surface area contributed by atoms with Gasteiger partial charge < -0.3 is 0 Å². The van der Waals surface area contributed by atoms with Crippen LogP contribution in [0.2, 0.25) is 0 Å². The summed E-state index contributed by atoms with van der Waals surface area (Å²) in [6.45, 7) is 15.1. The van der Waals surface area contributed by atoms with Crippen LogP contribution in [0.5, 0.6) is 0 Å². The molecular weight excluding hydrogens is 470 g/mol. The second-order valence-electron chi connectivity index (χ2n) is 6.99. The SMILES string of the molecule is [C-]#[N+]/C(C#N)=c1\cc/c(=C(/C#N)c2c(F)c(F)c([N+]#[C-])c(F)c2F)c(-c2cc(F)c(C)cc2F)c1. The van der Waals surface area contributed by atoms with E-state index < -0.39 is 68.2 Å². The van der Waals surface area contributed by atoms with Crippen LogP contribution in [0.25, 0.3) is 32.1 Å². The molecule has 0 radical (unpaired) electrons. The number of benzene rings is 3. The van der Waals surface area contributed by atoms with Gasteiger partial charge in [0, 0.05) is 10.8 Å². The molecule has 35 heavy (non-hydrogen) atoms. The fraction of sp³-hybridized carbons (Fsp3) is 0.0400. The van der Waals surface area contributed by atoms with Gasteiger partial charge in [0.2, 0.25) is 0 Å². The number of rotatable bonds is 2. The Kier molecular flexibility index (Phi) is 6.62. The van der Waals surface area contributed by atoms with E-state index in [0.29, 0.717) is 0 Å². The third-order valence-electron chi connectivity index (χ3n) is 5.03. The summed E-state index contributed by atoms with van der Waals surface area (Å²) in [5, 5.41) is 18.3. The molecule has 0 amide bonds. The zero-order valence-electron chi connectivity index (χ0n) is 17.4. The van der Waals surface area contributed by atoms with Gasteiger partial charge in [-0.25, -0.2) is 41.3 Å². The zero-order chi connectivity index (χ0) is 26.0. The van der Waals surface area contributed by atoms with Crippen molar-refractivity contribution in [2.45, 2.75) is 6.92 Å². The third kappa shape index (κ3) is 4.06. The first kappa shape index (κ1) is 24.6. The highest BCUT2D eigenvalue weighted by Gasteiger charge is 2.28. The Hall–Kier alpha value is -5.06. The number of halogens is 6. The lowest BCUT2D eigenvalue weighted by Crippen LogP contribution is -2.18. The lowest BCUT2D eigenvalue weighted by atomic mass is 9.94. The smallest absolute Gasteiger partial charge is 0.232 e. The van der Waals surface area contributed by atoms with Gasteiger partial charge in [-0.1, -0.05) is 18.2 Å². The average molecular weight is 478 g/mol. The van der Waals surface area contributed by atoms with E-state index in [1.54, 1.807) is 6.07 Å². The van der Waals surface area contributed by atoms with Crippen LogP contribution in [-0.4, -0.2) is 0 Å².